The van der Waals surface area contributed by atoms with Crippen molar-refractivity contribution in [1.82, 2.24) is 9.55 Å². The molecular formula is C20H29ClN2O. The highest BCUT2D eigenvalue weighted by molar-refractivity contribution is 6.33. The molecule has 0 atom stereocenters. The van der Waals surface area contributed by atoms with Crippen molar-refractivity contribution in [1.29, 1.82) is 0 Å². The van der Waals surface area contributed by atoms with E-state index >= 15 is 0 Å². The second-order valence-electron chi connectivity index (χ2n) is 6.15. The first kappa shape index (κ1) is 18.9. The first-order valence-electron chi connectivity index (χ1n) is 9.20. The minimum atomic E-state index is 0.688. The summed E-state index contributed by atoms with van der Waals surface area (Å²) in [5.74, 6) is 1.74. The summed E-state index contributed by atoms with van der Waals surface area (Å²) in [6, 6.07) is 5.88. The Morgan fingerprint density at radius 2 is 1.79 bits per heavy atom. The van der Waals surface area contributed by atoms with Crippen molar-refractivity contribution in [2.45, 2.75) is 65.3 Å². The molecule has 4 heteroatoms. The summed E-state index contributed by atoms with van der Waals surface area (Å²) in [7, 11) is 0. The number of ether oxygens (including phenoxy) is 1. The smallest absolute Gasteiger partial charge is 0.141 e. The molecule has 3 nitrogen and oxygen atoms in total. The van der Waals surface area contributed by atoms with Crippen LogP contribution in [0.5, 0.6) is 5.75 Å². The zero-order chi connectivity index (χ0) is 17.2. The number of halogens is 1. The minimum absolute atomic E-state index is 0.688. The van der Waals surface area contributed by atoms with E-state index in [4.69, 9.17) is 16.3 Å². The van der Waals surface area contributed by atoms with Gasteiger partial charge in [0.15, 0.2) is 0 Å². The van der Waals surface area contributed by atoms with E-state index in [2.05, 4.69) is 23.4 Å². The van der Waals surface area contributed by atoms with Crippen LogP contribution < -0.4 is 4.74 Å². The number of rotatable bonds is 11. The molecule has 1 aromatic carbocycles. The maximum Gasteiger partial charge on any atom is 0.141 e. The van der Waals surface area contributed by atoms with Gasteiger partial charge >= 0.3 is 0 Å². The van der Waals surface area contributed by atoms with Gasteiger partial charge in [-0.2, -0.15) is 0 Å². The van der Waals surface area contributed by atoms with Crippen LogP contribution in [0, 0.1) is 0 Å². The van der Waals surface area contributed by atoms with E-state index in [0.29, 0.717) is 5.02 Å². The summed E-state index contributed by atoms with van der Waals surface area (Å²) < 4.78 is 7.92. The van der Waals surface area contributed by atoms with Crippen LogP contribution in [0.15, 0.2) is 30.6 Å². The van der Waals surface area contributed by atoms with E-state index in [0.717, 1.165) is 36.7 Å². The molecule has 0 aliphatic carbocycles. The summed E-state index contributed by atoms with van der Waals surface area (Å²) in [6.45, 7) is 5.98. The number of aromatic nitrogens is 2. The quantitative estimate of drug-likeness (QED) is 0.442. The normalized spacial score (nSPS) is 11.0. The highest BCUT2D eigenvalue weighted by Gasteiger charge is 2.10. The predicted octanol–water partition coefficient (Wildman–Crippen LogP) is 6.35. The molecule has 0 fully saturated rings. The van der Waals surface area contributed by atoms with E-state index in [1.165, 1.54) is 38.5 Å². The minimum Gasteiger partial charge on any atom is -0.494 e. The molecule has 0 amide bonds. The number of hydrogen-bond donors (Lipinski definition) is 0. The van der Waals surface area contributed by atoms with Crippen molar-refractivity contribution in [3.8, 4) is 17.1 Å². The molecular weight excluding hydrogens is 320 g/mol. The highest BCUT2D eigenvalue weighted by atomic mass is 35.5. The molecule has 0 N–H and O–H groups in total. The first-order valence-corrected chi connectivity index (χ1v) is 9.58. The lowest BCUT2D eigenvalue weighted by molar-refractivity contribution is 0.304. The van der Waals surface area contributed by atoms with Gasteiger partial charge in [-0.25, -0.2) is 4.98 Å². The number of unbranched alkanes of at least 4 members (excludes halogenated alkanes) is 6. The van der Waals surface area contributed by atoms with Crippen LogP contribution >= 0.6 is 11.6 Å². The van der Waals surface area contributed by atoms with E-state index in [-0.39, 0.29) is 0 Å². The predicted molar refractivity (Wildman–Crippen MR) is 102 cm³/mol. The number of hydrogen-bond acceptors (Lipinski definition) is 2. The Hall–Kier alpha value is -1.48. The fourth-order valence-corrected chi connectivity index (χ4v) is 3.08. The van der Waals surface area contributed by atoms with Gasteiger partial charge in [0.1, 0.15) is 11.6 Å². The van der Waals surface area contributed by atoms with Crippen LogP contribution in [0.4, 0.5) is 0 Å². The highest BCUT2D eigenvalue weighted by Crippen LogP contribution is 2.30. The van der Waals surface area contributed by atoms with Gasteiger partial charge in [0.25, 0.3) is 0 Å². The number of imidazole rings is 1. The molecule has 0 aliphatic rings. The molecule has 24 heavy (non-hydrogen) atoms. The lowest BCUT2D eigenvalue weighted by atomic mass is 10.1. The van der Waals surface area contributed by atoms with Crippen molar-refractivity contribution in [2.75, 3.05) is 6.61 Å². The average molecular weight is 349 g/mol. The molecule has 1 aromatic heterocycles. The third-order valence-electron chi connectivity index (χ3n) is 4.25. The first-order chi connectivity index (χ1) is 11.8. The fraction of sp³-hybridized carbons (Fsp3) is 0.550. The largest absolute Gasteiger partial charge is 0.494 e. The summed E-state index contributed by atoms with van der Waals surface area (Å²) in [4.78, 5) is 4.40. The van der Waals surface area contributed by atoms with Gasteiger partial charge in [0.2, 0.25) is 0 Å². The Morgan fingerprint density at radius 1 is 1.04 bits per heavy atom. The topological polar surface area (TPSA) is 27.1 Å². The number of aryl methyl sites for hydroxylation is 1. The molecule has 0 aliphatic heterocycles. The van der Waals surface area contributed by atoms with Gasteiger partial charge in [-0.3, -0.25) is 0 Å². The van der Waals surface area contributed by atoms with Crippen molar-refractivity contribution in [3.05, 3.63) is 35.6 Å². The Labute approximate surface area is 151 Å². The Bertz CT molecular complexity index is 609. The lowest BCUT2D eigenvalue weighted by Gasteiger charge is -2.10. The zero-order valence-corrected chi connectivity index (χ0v) is 15.7. The van der Waals surface area contributed by atoms with Crippen molar-refractivity contribution in [3.63, 3.8) is 0 Å². The van der Waals surface area contributed by atoms with E-state index in [1.54, 1.807) is 6.20 Å². The summed E-state index contributed by atoms with van der Waals surface area (Å²) in [5.41, 5.74) is 0.951. The van der Waals surface area contributed by atoms with E-state index in [9.17, 15) is 0 Å². The molecule has 0 saturated carbocycles. The van der Waals surface area contributed by atoms with Crippen LogP contribution in [-0.4, -0.2) is 16.2 Å². The summed E-state index contributed by atoms with van der Waals surface area (Å²) >= 11 is 6.43. The molecule has 0 unspecified atom stereocenters. The maximum atomic E-state index is 6.43. The van der Waals surface area contributed by atoms with Crippen molar-refractivity contribution < 1.29 is 4.74 Å². The standard InChI is InChI=1S/C20H29ClN2O/c1-3-5-6-7-8-9-10-15-24-17-11-12-18(19(21)16-17)20-22-13-14-23(20)4-2/h11-14,16H,3-10,15H2,1-2H3. The van der Waals surface area contributed by atoms with Gasteiger partial charge in [-0.1, -0.05) is 57.0 Å². The van der Waals surface area contributed by atoms with Crippen LogP contribution in [-0.2, 0) is 6.54 Å². The maximum absolute atomic E-state index is 6.43. The van der Waals surface area contributed by atoms with Gasteiger partial charge in [-0.05, 0) is 31.5 Å². The molecule has 0 spiro atoms. The van der Waals surface area contributed by atoms with E-state index < -0.39 is 0 Å². The molecule has 1 heterocycles. The monoisotopic (exact) mass is 348 g/mol. The molecule has 0 bridgehead atoms. The molecule has 2 rings (SSSR count). The van der Waals surface area contributed by atoms with Crippen molar-refractivity contribution in [2.24, 2.45) is 0 Å². The number of nitrogens with zero attached hydrogens (tertiary/aromatic N) is 2. The van der Waals surface area contributed by atoms with Crippen LogP contribution in [0.25, 0.3) is 11.4 Å². The van der Waals surface area contributed by atoms with Crippen LogP contribution in [0.1, 0.15) is 58.8 Å². The molecule has 132 valence electrons. The van der Waals surface area contributed by atoms with Gasteiger partial charge < -0.3 is 9.30 Å². The SMILES string of the molecule is CCCCCCCCCOc1ccc(-c2nccn2CC)c(Cl)c1. The Kier molecular flexibility index (Phi) is 8.17. The Morgan fingerprint density at radius 3 is 2.50 bits per heavy atom. The second kappa shape index (κ2) is 10.4. The third kappa shape index (κ3) is 5.55. The van der Waals surface area contributed by atoms with Crippen LogP contribution in [0.3, 0.4) is 0 Å². The lowest BCUT2D eigenvalue weighted by Crippen LogP contribution is -1.99. The third-order valence-corrected chi connectivity index (χ3v) is 4.57. The average Bonchev–Trinajstić information content (AvgIpc) is 3.06. The molecule has 0 saturated heterocycles. The van der Waals surface area contributed by atoms with Gasteiger partial charge in [-0.15, -0.1) is 0 Å². The molecule has 0 radical (unpaired) electrons. The van der Waals surface area contributed by atoms with E-state index in [1.807, 2.05) is 24.4 Å². The Balaban J connectivity index is 1.78. The van der Waals surface area contributed by atoms with Crippen molar-refractivity contribution >= 4 is 11.6 Å². The summed E-state index contributed by atoms with van der Waals surface area (Å²) in [6.07, 6.45) is 12.8. The van der Waals surface area contributed by atoms with Gasteiger partial charge in [0.05, 0.1) is 11.6 Å². The van der Waals surface area contributed by atoms with Gasteiger partial charge in [0, 0.05) is 24.5 Å². The second-order valence-corrected chi connectivity index (χ2v) is 6.56. The molecule has 2 aromatic rings. The fourth-order valence-electron chi connectivity index (χ4n) is 2.82. The summed E-state index contributed by atoms with van der Waals surface area (Å²) in [5, 5.41) is 0.688. The number of benzene rings is 1. The zero-order valence-electron chi connectivity index (χ0n) is 14.9. The van der Waals surface area contributed by atoms with Crippen LogP contribution in [0.2, 0.25) is 5.02 Å².